The van der Waals surface area contributed by atoms with Gasteiger partial charge in [-0.25, -0.2) is 0 Å². The SMILES string of the molecule is Oc1ccccc1C1C=C(c2ccccc2)CO1. The lowest BCUT2D eigenvalue weighted by Gasteiger charge is -2.09. The first kappa shape index (κ1) is 11.1. The summed E-state index contributed by atoms with van der Waals surface area (Å²) in [7, 11) is 0. The molecule has 0 aromatic heterocycles. The highest BCUT2D eigenvalue weighted by Gasteiger charge is 2.20. The number of para-hydroxylation sites is 1. The average molecular weight is 238 g/mol. The van der Waals surface area contributed by atoms with Crippen LogP contribution in [-0.4, -0.2) is 11.7 Å². The Morgan fingerprint density at radius 2 is 1.67 bits per heavy atom. The van der Waals surface area contributed by atoms with Crippen molar-refractivity contribution in [2.45, 2.75) is 6.10 Å². The van der Waals surface area contributed by atoms with E-state index in [9.17, 15) is 5.11 Å². The van der Waals surface area contributed by atoms with E-state index >= 15 is 0 Å². The quantitative estimate of drug-likeness (QED) is 0.867. The molecule has 0 radical (unpaired) electrons. The Kier molecular flexibility index (Phi) is 2.87. The fourth-order valence-electron chi connectivity index (χ4n) is 2.20. The summed E-state index contributed by atoms with van der Waals surface area (Å²) in [6.45, 7) is 0.586. The van der Waals surface area contributed by atoms with E-state index in [0.29, 0.717) is 6.61 Å². The van der Waals surface area contributed by atoms with Crippen molar-refractivity contribution in [2.75, 3.05) is 6.61 Å². The molecule has 0 bridgehead atoms. The second-order valence-electron chi connectivity index (χ2n) is 4.35. The molecular formula is C16H14O2. The van der Waals surface area contributed by atoms with Crippen LogP contribution in [0.25, 0.3) is 5.57 Å². The summed E-state index contributed by atoms with van der Waals surface area (Å²) in [6.07, 6.45) is 1.92. The van der Waals surface area contributed by atoms with Crippen LogP contribution in [0.4, 0.5) is 0 Å². The van der Waals surface area contributed by atoms with Crippen LogP contribution < -0.4 is 0 Å². The highest BCUT2D eigenvalue weighted by atomic mass is 16.5. The molecule has 90 valence electrons. The summed E-state index contributed by atoms with van der Waals surface area (Å²) >= 11 is 0. The van der Waals surface area contributed by atoms with Gasteiger partial charge in [0, 0.05) is 5.56 Å². The summed E-state index contributed by atoms with van der Waals surface area (Å²) in [4.78, 5) is 0. The van der Waals surface area contributed by atoms with Gasteiger partial charge < -0.3 is 9.84 Å². The normalized spacial score (nSPS) is 18.7. The molecule has 0 saturated heterocycles. The minimum atomic E-state index is -0.151. The second kappa shape index (κ2) is 4.67. The molecule has 2 nitrogen and oxygen atoms in total. The van der Waals surface area contributed by atoms with Crippen LogP contribution in [0.5, 0.6) is 5.75 Å². The summed E-state index contributed by atoms with van der Waals surface area (Å²) in [5.41, 5.74) is 3.17. The fraction of sp³-hybridized carbons (Fsp3) is 0.125. The van der Waals surface area contributed by atoms with Crippen molar-refractivity contribution < 1.29 is 9.84 Å². The molecule has 1 aliphatic heterocycles. The number of phenolic OH excluding ortho intramolecular Hbond substituents is 1. The van der Waals surface area contributed by atoms with Gasteiger partial charge in [-0.1, -0.05) is 48.5 Å². The van der Waals surface area contributed by atoms with E-state index in [2.05, 4.69) is 18.2 Å². The maximum absolute atomic E-state index is 9.82. The molecule has 0 amide bonds. The Balaban J connectivity index is 1.91. The number of ether oxygens (including phenoxy) is 1. The van der Waals surface area contributed by atoms with Crippen molar-refractivity contribution in [3.05, 3.63) is 71.8 Å². The molecule has 1 heterocycles. The molecule has 0 aliphatic carbocycles. The highest BCUT2D eigenvalue weighted by Crippen LogP contribution is 2.35. The first-order valence-corrected chi connectivity index (χ1v) is 6.00. The largest absolute Gasteiger partial charge is 0.508 e. The fourth-order valence-corrected chi connectivity index (χ4v) is 2.20. The molecule has 3 rings (SSSR count). The van der Waals surface area contributed by atoms with Crippen LogP contribution in [0, 0.1) is 0 Å². The van der Waals surface area contributed by atoms with E-state index in [0.717, 1.165) is 5.56 Å². The van der Waals surface area contributed by atoms with Gasteiger partial charge in [0.2, 0.25) is 0 Å². The average Bonchev–Trinajstić information content (AvgIpc) is 2.90. The third-order valence-corrected chi connectivity index (χ3v) is 3.16. The van der Waals surface area contributed by atoms with E-state index in [1.807, 2.05) is 36.4 Å². The molecule has 2 aromatic carbocycles. The Labute approximate surface area is 106 Å². The summed E-state index contributed by atoms with van der Waals surface area (Å²) in [5, 5.41) is 9.82. The lowest BCUT2D eigenvalue weighted by atomic mass is 10.0. The van der Waals surface area contributed by atoms with Gasteiger partial charge in [0.25, 0.3) is 0 Å². The summed E-state index contributed by atoms with van der Waals surface area (Å²) in [5.74, 6) is 0.285. The van der Waals surface area contributed by atoms with Crippen molar-refractivity contribution in [3.8, 4) is 5.75 Å². The number of benzene rings is 2. The zero-order chi connectivity index (χ0) is 12.4. The highest BCUT2D eigenvalue weighted by molar-refractivity contribution is 5.69. The number of phenols is 1. The molecule has 0 fully saturated rings. The number of rotatable bonds is 2. The van der Waals surface area contributed by atoms with Crippen molar-refractivity contribution in [2.24, 2.45) is 0 Å². The van der Waals surface area contributed by atoms with E-state index < -0.39 is 0 Å². The molecule has 1 atom stereocenters. The Morgan fingerprint density at radius 1 is 0.944 bits per heavy atom. The molecule has 0 spiro atoms. The monoisotopic (exact) mass is 238 g/mol. The summed E-state index contributed by atoms with van der Waals surface area (Å²) in [6, 6.07) is 17.5. The standard InChI is InChI=1S/C16H14O2/c17-15-9-5-4-8-14(15)16-10-13(11-18-16)12-6-2-1-3-7-12/h1-10,16-17H,11H2. The smallest absolute Gasteiger partial charge is 0.121 e. The van der Waals surface area contributed by atoms with Gasteiger partial charge in [-0.2, -0.15) is 0 Å². The van der Waals surface area contributed by atoms with Gasteiger partial charge in [-0.05, 0) is 23.3 Å². The minimum Gasteiger partial charge on any atom is -0.508 e. The second-order valence-corrected chi connectivity index (χ2v) is 4.35. The number of hydrogen-bond acceptors (Lipinski definition) is 2. The number of hydrogen-bond donors (Lipinski definition) is 1. The number of aromatic hydroxyl groups is 1. The van der Waals surface area contributed by atoms with Crippen LogP contribution in [0.2, 0.25) is 0 Å². The van der Waals surface area contributed by atoms with Gasteiger partial charge in [0.1, 0.15) is 11.9 Å². The third-order valence-electron chi connectivity index (χ3n) is 3.16. The zero-order valence-electron chi connectivity index (χ0n) is 9.91. The Bertz CT molecular complexity index is 573. The van der Waals surface area contributed by atoms with Crippen LogP contribution in [0.15, 0.2) is 60.7 Å². The van der Waals surface area contributed by atoms with Gasteiger partial charge in [0.15, 0.2) is 0 Å². The van der Waals surface area contributed by atoms with Gasteiger partial charge in [-0.3, -0.25) is 0 Å². The maximum atomic E-state index is 9.82. The first-order chi connectivity index (χ1) is 8.84. The van der Waals surface area contributed by atoms with Crippen LogP contribution in [0.1, 0.15) is 17.2 Å². The van der Waals surface area contributed by atoms with Crippen molar-refractivity contribution in [1.29, 1.82) is 0 Å². The lowest BCUT2D eigenvalue weighted by Crippen LogP contribution is -1.95. The van der Waals surface area contributed by atoms with Crippen molar-refractivity contribution in [3.63, 3.8) is 0 Å². The predicted octanol–water partition coefficient (Wildman–Crippen LogP) is 3.55. The molecule has 2 aromatic rings. The molecule has 1 unspecified atom stereocenters. The van der Waals surface area contributed by atoms with Crippen LogP contribution >= 0.6 is 0 Å². The lowest BCUT2D eigenvalue weighted by molar-refractivity contribution is 0.129. The van der Waals surface area contributed by atoms with Crippen molar-refractivity contribution >= 4 is 5.57 Å². The third kappa shape index (κ3) is 2.03. The Morgan fingerprint density at radius 3 is 2.44 bits per heavy atom. The molecule has 0 saturated carbocycles. The van der Waals surface area contributed by atoms with E-state index in [4.69, 9.17) is 4.74 Å². The summed E-state index contributed by atoms with van der Waals surface area (Å²) < 4.78 is 5.73. The van der Waals surface area contributed by atoms with Gasteiger partial charge in [0.05, 0.1) is 6.61 Å². The van der Waals surface area contributed by atoms with E-state index in [-0.39, 0.29) is 11.9 Å². The van der Waals surface area contributed by atoms with Gasteiger partial charge in [-0.15, -0.1) is 0 Å². The topological polar surface area (TPSA) is 29.5 Å². The predicted molar refractivity (Wildman–Crippen MR) is 71.2 cm³/mol. The first-order valence-electron chi connectivity index (χ1n) is 6.00. The van der Waals surface area contributed by atoms with Crippen LogP contribution in [-0.2, 0) is 4.74 Å². The molecule has 1 aliphatic rings. The zero-order valence-corrected chi connectivity index (χ0v) is 9.91. The van der Waals surface area contributed by atoms with Crippen molar-refractivity contribution in [1.82, 2.24) is 0 Å². The maximum Gasteiger partial charge on any atom is 0.121 e. The molecule has 1 N–H and O–H groups in total. The minimum absolute atomic E-state index is 0.151. The molecule has 2 heteroatoms. The van der Waals surface area contributed by atoms with E-state index in [1.165, 1.54) is 11.1 Å². The molecular weight excluding hydrogens is 224 g/mol. The van der Waals surface area contributed by atoms with E-state index in [1.54, 1.807) is 6.07 Å². The van der Waals surface area contributed by atoms with Crippen LogP contribution in [0.3, 0.4) is 0 Å². The molecule has 18 heavy (non-hydrogen) atoms. The Hall–Kier alpha value is -2.06. The van der Waals surface area contributed by atoms with Gasteiger partial charge >= 0.3 is 0 Å².